The van der Waals surface area contributed by atoms with Crippen LogP contribution in [0.2, 0.25) is 10.0 Å². The number of hydrogen-bond donors (Lipinski definition) is 1. The molecule has 0 heterocycles. The fourth-order valence-corrected chi connectivity index (χ4v) is 5.69. The summed E-state index contributed by atoms with van der Waals surface area (Å²) in [5, 5.41) is 15.0. The van der Waals surface area contributed by atoms with E-state index >= 15 is 0 Å². The van der Waals surface area contributed by atoms with Crippen molar-refractivity contribution in [1.29, 1.82) is 0 Å². The lowest BCUT2D eigenvalue weighted by Gasteiger charge is -2.33. The molecule has 10 heteroatoms. The quantitative estimate of drug-likeness (QED) is 0.258. The van der Waals surface area contributed by atoms with Gasteiger partial charge in [0.15, 0.2) is 0 Å². The van der Waals surface area contributed by atoms with Crippen molar-refractivity contribution >= 4 is 52.5 Å². The molecule has 0 saturated heterocycles. The van der Waals surface area contributed by atoms with Crippen LogP contribution in [0.4, 0.5) is 5.69 Å². The number of rotatable bonds is 11. The van der Waals surface area contributed by atoms with E-state index in [9.17, 15) is 19.7 Å². The molecule has 2 aromatic carbocycles. The van der Waals surface area contributed by atoms with Crippen LogP contribution in [0.25, 0.3) is 0 Å². The molecule has 1 N–H and O–H groups in total. The Morgan fingerprint density at radius 1 is 1.14 bits per heavy atom. The molecule has 3 rings (SSSR count). The number of non-ortho nitro benzene ring substituents is 1. The fraction of sp³-hybridized carbons (Fsp3) is 0.462. The molecule has 1 saturated carbocycles. The number of thioether (sulfide) groups is 1. The number of nitrogens with zero attached hydrogens (tertiary/aromatic N) is 2. The van der Waals surface area contributed by atoms with Gasteiger partial charge in [0.25, 0.3) is 5.69 Å². The lowest BCUT2D eigenvalue weighted by atomic mass is 9.95. The van der Waals surface area contributed by atoms with Gasteiger partial charge in [0, 0.05) is 40.5 Å². The number of nitro benzene ring substituents is 1. The van der Waals surface area contributed by atoms with E-state index in [0.29, 0.717) is 22.2 Å². The summed E-state index contributed by atoms with van der Waals surface area (Å²) in [6.45, 7) is 2.10. The Bertz CT molecular complexity index is 1060. The van der Waals surface area contributed by atoms with E-state index in [4.69, 9.17) is 23.2 Å². The summed E-state index contributed by atoms with van der Waals surface area (Å²) >= 11 is 13.9. The van der Waals surface area contributed by atoms with Gasteiger partial charge in [0.1, 0.15) is 6.04 Å². The molecule has 7 nitrogen and oxygen atoms in total. The zero-order valence-corrected chi connectivity index (χ0v) is 22.6. The number of amides is 2. The summed E-state index contributed by atoms with van der Waals surface area (Å²) in [5.74, 6) is 0.376. The molecule has 2 amide bonds. The average molecular weight is 553 g/mol. The number of nitro groups is 1. The average Bonchev–Trinajstić information content (AvgIpc) is 2.86. The molecule has 2 aromatic rings. The van der Waals surface area contributed by atoms with Gasteiger partial charge in [-0.15, -0.1) is 11.8 Å². The van der Waals surface area contributed by atoms with Crippen LogP contribution in [0, 0.1) is 10.1 Å². The molecule has 194 valence electrons. The lowest BCUT2D eigenvalue weighted by Crippen LogP contribution is -2.52. The molecule has 1 fully saturated rings. The summed E-state index contributed by atoms with van der Waals surface area (Å²) in [6.07, 6.45) is 5.79. The summed E-state index contributed by atoms with van der Waals surface area (Å²) < 4.78 is 0. The highest BCUT2D eigenvalue weighted by Gasteiger charge is 2.30. The van der Waals surface area contributed by atoms with Crippen molar-refractivity contribution in [3.05, 3.63) is 73.8 Å². The van der Waals surface area contributed by atoms with Gasteiger partial charge in [-0.2, -0.15) is 0 Å². The molecule has 0 spiro atoms. The maximum Gasteiger partial charge on any atom is 0.269 e. The number of hydrogen-bond acceptors (Lipinski definition) is 5. The van der Waals surface area contributed by atoms with Crippen molar-refractivity contribution in [2.75, 3.05) is 5.75 Å². The number of halogens is 2. The van der Waals surface area contributed by atoms with Gasteiger partial charge < -0.3 is 10.2 Å². The standard InChI is InChI=1S/C26H31Cl2N3O4S/c1-2-24(26(33)29-21-6-4-3-5-7-21)30(15-19-10-11-20(27)14-23(19)28)25(32)17-36-16-18-8-12-22(13-9-18)31(34)35/h8-14,21,24H,2-7,15-17H2,1H3,(H,29,33)/t24-/m0/s1. The molecule has 36 heavy (non-hydrogen) atoms. The van der Waals surface area contributed by atoms with Crippen molar-refractivity contribution < 1.29 is 14.5 Å². The van der Waals surface area contributed by atoms with Crippen molar-refractivity contribution in [1.82, 2.24) is 10.2 Å². The lowest BCUT2D eigenvalue weighted by molar-refractivity contribution is -0.384. The Balaban J connectivity index is 1.71. The summed E-state index contributed by atoms with van der Waals surface area (Å²) in [6, 6.07) is 10.9. The number of nitrogens with one attached hydrogen (secondary N) is 1. The minimum atomic E-state index is -0.619. The van der Waals surface area contributed by atoms with Crippen LogP contribution in [-0.4, -0.2) is 39.5 Å². The van der Waals surface area contributed by atoms with Crippen LogP contribution in [0.15, 0.2) is 42.5 Å². The van der Waals surface area contributed by atoms with Gasteiger partial charge in [-0.1, -0.05) is 67.6 Å². The van der Waals surface area contributed by atoms with Crippen molar-refractivity contribution in [3.63, 3.8) is 0 Å². The largest absolute Gasteiger partial charge is 0.352 e. The second-order valence-electron chi connectivity index (χ2n) is 8.94. The normalized spacial score (nSPS) is 14.8. The molecule has 0 radical (unpaired) electrons. The zero-order chi connectivity index (χ0) is 26.1. The van der Waals surface area contributed by atoms with Crippen LogP contribution in [0.3, 0.4) is 0 Å². The van der Waals surface area contributed by atoms with Gasteiger partial charge in [0.2, 0.25) is 11.8 Å². The number of carbonyl (C=O) groups is 2. The topological polar surface area (TPSA) is 92.6 Å². The Morgan fingerprint density at radius 3 is 2.44 bits per heavy atom. The summed E-state index contributed by atoms with van der Waals surface area (Å²) in [4.78, 5) is 38.7. The predicted octanol–water partition coefficient (Wildman–Crippen LogP) is 6.39. The third kappa shape index (κ3) is 8.11. The Kier molecular flexibility index (Phi) is 10.9. The van der Waals surface area contributed by atoms with Gasteiger partial charge in [-0.05, 0) is 42.5 Å². The summed E-state index contributed by atoms with van der Waals surface area (Å²) in [7, 11) is 0. The van der Waals surface area contributed by atoms with Crippen LogP contribution in [0.1, 0.15) is 56.6 Å². The maximum atomic E-state index is 13.4. The van der Waals surface area contributed by atoms with Gasteiger partial charge in [0.05, 0.1) is 10.7 Å². The molecule has 0 unspecified atom stereocenters. The van der Waals surface area contributed by atoms with Crippen molar-refractivity contribution in [2.45, 2.75) is 69.8 Å². The van der Waals surface area contributed by atoms with Crippen molar-refractivity contribution in [3.8, 4) is 0 Å². The summed E-state index contributed by atoms with van der Waals surface area (Å²) in [5.41, 5.74) is 1.63. The van der Waals surface area contributed by atoms with Crippen LogP contribution in [0.5, 0.6) is 0 Å². The molecule has 1 atom stereocenters. The van der Waals surface area contributed by atoms with E-state index in [2.05, 4.69) is 5.32 Å². The van der Waals surface area contributed by atoms with Gasteiger partial charge in [-0.25, -0.2) is 0 Å². The second-order valence-corrected chi connectivity index (χ2v) is 10.8. The van der Waals surface area contributed by atoms with Crippen LogP contribution >= 0.6 is 35.0 Å². The molecule has 0 bridgehead atoms. The first-order chi connectivity index (χ1) is 17.3. The van der Waals surface area contributed by atoms with E-state index < -0.39 is 11.0 Å². The second kappa shape index (κ2) is 13.9. The third-order valence-corrected chi connectivity index (χ3v) is 7.91. The molecule has 0 aromatic heterocycles. The highest BCUT2D eigenvalue weighted by Crippen LogP contribution is 2.25. The Labute approximate surface area is 226 Å². The van der Waals surface area contributed by atoms with E-state index in [1.165, 1.54) is 30.3 Å². The minimum absolute atomic E-state index is 0.0283. The highest BCUT2D eigenvalue weighted by molar-refractivity contribution is 7.99. The molecule has 0 aliphatic heterocycles. The molecule has 1 aliphatic carbocycles. The zero-order valence-electron chi connectivity index (χ0n) is 20.3. The third-order valence-electron chi connectivity index (χ3n) is 6.33. The van der Waals surface area contributed by atoms with E-state index in [0.717, 1.165) is 36.8 Å². The highest BCUT2D eigenvalue weighted by atomic mass is 35.5. The SMILES string of the molecule is CC[C@@H](C(=O)NC1CCCCC1)N(Cc1ccc(Cl)cc1Cl)C(=O)CSCc1ccc([N+](=O)[O-])cc1. The number of benzene rings is 2. The predicted molar refractivity (Wildman–Crippen MR) is 145 cm³/mol. The van der Waals surface area contributed by atoms with E-state index in [1.807, 2.05) is 6.92 Å². The Morgan fingerprint density at radius 2 is 1.83 bits per heavy atom. The molecular weight excluding hydrogens is 521 g/mol. The van der Waals surface area contributed by atoms with Crippen molar-refractivity contribution in [2.24, 2.45) is 0 Å². The smallest absolute Gasteiger partial charge is 0.269 e. The van der Waals surface area contributed by atoms with E-state index in [1.54, 1.807) is 35.2 Å². The Hall–Kier alpha value is -2.29. The van der Waals surface area contributed by atoms with E-state index in [-0.39, 0.29) is 35.8 Å². The number of carbonyl (C=O) groups excluding carboxylic acids is 2. The first kappa shape index (κ1) is 28.3. The fourth-order valence-electron chi connectivity index (χ4n) is 4.35. The first-order valence-corrected chi connectivity index (χ1v) is 14.0. The molecular formula is C26H31Cl2N3O4S. The first-order valence-electron chi connectivity index (χ1n) is 12.1. The monoisotopic (exact) mass is 551 g/mol. The van der Waals surface area contributed by atoms with Crippen LogP contribution in [-0.2, 0) is 21.9 Å². The maximum absolute atomic E-state index is 13.4. The van der Waals surface area contributed by atoms with Gasteiger partial charge >= 0.3 is 0 Å². The van der Waals surface area contributed by atoms with Gasteiger partial charge in [-0.3, -0.25) is 19.7 Å². The van der Waals surface area contributed by atoms with Crippen LogP contribution < -0.4 is 5.32 Å². The molecule has 1 aliphatic rings. The minimum Gasteiger partial charge on any atom is -0.352 e.